The summed E-state index contributed by atoms with van der Waals surface area (Å²) in [7, 11) is 0. The molecular weight excluding hydrogens is 456 g/mol. The summed E-state index contributed by atoms with van der Waals surface area (Å²) in [6.07, 6.45) is 3.73. The van der Waals surface area contributed by atoms with Gasteiger partial charge in [0.15, 0.2) is 10.8 Å². The van der Waals surface area contributed by atoms with Crippen molar-refractivity contribution in [3.8, 4) is 11.3 Å². The number of fused-ring (bicyclic) bond motifs is 3. The van der Waals surface area contributed by atoms with Gasteiger partial charge in [-0.05, 0) is 61.7 Å². The van der Waals surface area contributed by atoms with Gasteiger partial charge in [-0.3, -0.25) is 9.20 Å². The lowest BCUT2D eigenvalue weighted by atomic mass is 10.0. The van der Waals surface area contributed by atoms with Crippen molar-refractivity contribution in [3.63, 3.8) is 0 Å². The lowest BCUT2D eigenvalue weighted by Crippen LogP contribution is -2.14. The Morgan fingerprint density at radius 2 is 1.88 bits per heavy atom. The molecule has 5 rings (SSSR count). The molecular formula is C24H21ClN6OS. The van der Waals surface area contributed by atoms with Crippen molar-refractivity contribution in [1.82, 2.24) is 24.2 Å². The van der Waals surface area contributed by atoms with Crippen LogP contribution in [-0.2, 0) is 4.79 Å². The third-order valence-electron chi connectivity index (χ3n) is 5.52. The lowest BCUT2D eigenvalue weighted by Gasteiger charge is -2.07. The van der Waals surface area contributed by atoms with Crippen molar-refractivity contribution in [2.24, 2.45) is 0 Å². The van der Waals surface area contributed by atoms with E-state index in [0.717, 1.165) is 22.3 Å². The number of hydrogen-bond acceptors (Lipinski definition) is 5. The van der Waals surface area contributed by atoms with Gasteiger partial charge in [-0.2, -0.15) is 5.10 Å². The second-order valence-electron chi connectivity index (χ2n) is 7.95. The average Bonchev–Trinajstić information content (AvgIpc) is 3.40. The first-order valence-electron chi connectivity index (χ1n) is 10.4. The van der Waals surface area contributed by atoms with Crippen LogP contribution in [0.2, 0.25) is 5.02 Å². The minimum Gasteiger partial charge on any atom is -0.324 e. The number of nitrogens with zero attached hydrogens (tertiary/aromatic N) is 5. The Bertz CT molecular complexity index is 1520. The van der Waals surface area contributed by atoms with Gasteiger partial charge >= 0.3 is 0 Å². The number of nitrogens with one attached hydrogen (secondary N) is 1. The van der Waals surface area contributed by atoms with Gasteiger partial charge in [-0.1, -0.05) is 41.6 Å². The summed E-state index contributed by atoms with van der Waals surface area (Å²) in [5.41, 5.74) is 7.57. The molecule has 33 heavy (non-hydrogen) atoms. The van der Waals surface area contributed by atoms with Gasteiger partial charge in [0.05, 0.1) is 22.2 Å². The van der Waals surface area contributed by atoms with Crippen LogP contribution in [-0.4, -0.2) is 35.9 Å². The van der Waals surface area contributed by atoms with Gasteiger partial charge in [0.1, 0.15) is 5.52 Å². The van der Waals surface area contributed by atoms with Gasteiger partial charge < -0.3 is 5.32 Å². The van der Waals surface area contributed by atoms with Crippen LogP contribution in [0.5, 0.6) is 0 Å². The van der Waals surface area contributed by atoms with Crippen molar-refractivity contribution < 1.29 is 4.79 Å². The van der Waals surface area contributed by atoms with E-state index in [0.29, 0.717) is 21.5 Å². The molecule has 0 saturated heterocycles. The summed E-state index contributed by atoms with van der Waals surface area (Å²) in [6.45, 7) is 6.14. The number of benzene rings is 2. The molecule has 0 aliphatic carbocycles. The first kappa shape index (κ1) is 21.5. The molecule has 0 bridgehead atoms. The molecule has 0 saturated carbocycles. The predicted octanol–water partition coefficient (Wildman–Crippen LogP) is 5.35. The monoisotopic (exact) mass is 476 g/mol. The number of anilines is 1. The summed E-state index contributed by atoms with van der Waals surface area (Å²) in [6, 6.07) is 13.8. The SMILES string of the molecule is Cc1ccc(NC(=O)CSc2nnc3c4cc(-c5ccc(C)c(C)c5)nn4ccn23)c(Cl)c1. The number of rotatable bonds is 5. The zero-order chi connectivity index (χ0) is 23.1. The molecule has 166 valence electrons. The molecule has 0 unspecified atom stereocenters. The number of aromatic nitrogens is 5. The molecule has 3 aromatic heterocycles. The molecule has 0 aliphatic heterocycles. The van der Waals surface area contributed by atoms with E-state index in [1.165, 1.54) is 22.9 Å². The van der Waals surface area contributed by atoms with E-state index >= 15 is 0 Å². The van der Waals surface area contributed by atoms with Crippen LogP contribution < -0.4 is 5.32 Å². The molecule has 9 heteroatoms. The van der Waals surface area contributed by atoms with E-state index in [1.54, 1.807) is 10.6 Å². The topological polar surface area (TPSA) is 76.6 Å². The number of halogens is 1. The van der Waals surface area contributed by atoms with Crippen LogP contribution in [0.3, 0.4) is 0 Å². The standard InChI is InChI=1S/C24H21ClN6OS/c1-14-4-7-19(18(25)10-14)26-22(32)13-33-24-28-27-23-21-12-20(29-31(21)9-8-30(23)24)17-6-5-15(2)16(3)11-17/h4-12H,13H2,1-3H3,(H,26,32). The maximum atomic E-state index is 12.4. The number of thioether (sulfide) groups is 1. The highest BCUT2D eigenvalue weighted by Crippen LogP contribution is 2.26. The third-order valence-corrected chi connectivity index (χ3v) is 6.78. The van der Waals surface area contributed by atoms with Gasteiger partial charge in [0.25, 0.3) is 0 Å². The Labute approximate surface area is 199 Å². The summed E-state index contributed by atoms with van der Waals surface area (Å²) in [5, 5.41) is 17.3. The van der Waals surface area contributed by atoms with Crippen molar-refractivity contribution in [2.45, 2.75) is 25.9 Å². The fraction of sp³-hybridized carbons (Fsp3) is 0.167. The summed E-state index contributed by atoms with van der Waals surface area (Å²) >= 11 is 7.53. The average molecular weight is 477 g/mol. The molecule has 1 N–H and O–H groups in total. The Balaban J connectivity index is 1.37. The Morgan fingerprint density at radius 1 is 1.03 bits per heavy atom. The smallest absolute Gasteiger partial charge is 0.234 e. The largest absolute Gasteiger partial charge is 0.324 e. The number of hydrogen-bond donors (Lipinski definition) is 1. The van der Waals surface area contributed by atoms with Crippen molar-refractivity contribution in [3.05, 3.63) is 76.6 Å². The molecule has 3 heterocycles. The maximum absolute atomic E-state index is 12.4. The number of carbonyl (C=O) groups excluding carboxylic acids is 1. The second-order valence-corrected chi connectivity index (χ2v) is 9.30. The Morgan fingerprint density at radius 3 is 2.67 bits per heavy atom. The third kappa shape index (κ3) is 4.19. The Hall–Kier alpha value is -3.36. The number of amides is 1. The van der Waals surface area contributed by atoms with Crippen LogP contribution in [0, 0.1) is 20.8 Å². The normalized spacial score (nSPS) is 11.4. The highest BCUT2D eigenvalue weighted by Gasteiger charge is 2.15. The predicted molar refractivity (Wildman–Crippen MR) is 132 cm³/mol. The van der Waals surface area contributed by atoms with E-state index in [2.05, 4.69) is 47.6 Å². The molecule has 0 aliphatic rings. The van der Waals surface area contributed by atoms with Gasteiger partial charge in [-0.15, -0.1) is 10.2 Å². The van der Waals surface area contributed by atoms with Gasteiger partial charge in [-0.25, -0.2) is 4.52 Å². The lowest BCUT2D eigenvalue weighted by molar-refractivity contribution is -0.113. The quantitative estimate of drug-likeness (QED) is 0.346. The maximum Gasteiger partial charge on any atom is 0.234 e. The fourth-order valence-electron chi connectivity index (χ4n) is 3.57. The molecule has 0 spiro atoms. The van der Waals surface area contributed by atoms with Gasteiger partial charge in [0, 0.05) is 18.0 Å². The zero-order valence-electron chi connectivity index (χ0n) is 18.3. The van der Waals surface area contributed by atoms with E-state index in [9.17, 15) is 4.79 Å². The molecule has 0 fully saturated rings. The summed E-state index contributed by atoms with van der Waals surface area (Å²) in [4.78, 5) is 12.4. The minimum atomic E-state index is -0.162. The van der Waals surface area contributed by atoms with Crippen LogP contribution in [0.1, 0.15) is 16.7 Å². The molecule has 7 nitrogen and oxygen atoms in total. The van der Waals surface area contributed by atoms with Crippen LogP contribution >= 0.6 is 23.4 Å². The first-order valence-corrected chi connectivity index (χ1v) is 11.7. The van der Waals surface area contributed by atoms with E-state index in [1.807, 2.05) is 41.9 Å². The highest BCUT2D eigenvalue weighted by molar-refractivity contribution is 7.99. The number of aryl methyl sites for hydroxylation is 3. The van der Waals surface area contributed by atoms with Gasteiger partial charge in [0.2, 0.25) is 5.91 Å². The Kier molecular flexibility index (Phi) is 5.55. The van der Waals surface area contributed by atoms with Crippen LogP contribution in [0.25, 0.3) is 22.4 Å². The molecule has 2 aromatic carbocycles. The van der Waals surface area contributed by atoms with Crippen molar-refractivity contribution in [2.75, 3.05) is 11.1 Å². The first-order chi connectivity index (χ1) is 15.9. The number of carbonyl (C=O) groups is 1. The minimum absolute atomic E-state index is 0.162. The summed E-state index contributed by atoms with van der Waals surface area (Å²) < 4.78 is 3.67. The molecule has 1 amide bonds. The fourth-order valence-corrected chi connectivity index (χ4v) is 4.57. The van der Waals surface area contributed by atoms with E-state index < -0.39 is 0 Å². The molecule has 0 radical (unpaired) electrons. The van der Waals surface area contributed by atoms with E-state index in [4.69, 9.17) is 16.7 Å². The highest BCUT2D eigenvalue weighted by atomic mass is 35.5. The molecule has 5 aromatic rings. The zero-order valence-corrected chi connectivity index (χ0v) is 19.9. The van der Waals surface area contributed by atoms with Crippen LogP contribution in [0.15, 0.2) is 60.0 Å². The van der Waals surface area contributed by atoms with Crippen molar-refractivity contribution >= 4 is 46.1 Å². The van der Waals surface area contributed by atoms with E-state index in [-0.39, 0.29) is 11.7 Å². The summed E-state index contributed by atoms with van der Waals surface area (Å²) in [5.74, 6) is 0.0218. The van der Waals surface area contributed by atoms with Crippen LogP contribution in [0.4, 0.5) is 5.69 Å². The molecule has 0 atom stereocenters. The van der Waals surface area contributed by atoms with Crippen molar-refractivity contribution in [1.29, 1.82) is 0 Å². The second kappa shape index (κ2) is 8.53.